The van der Waals surface area contributed by atoms with Crippen LogP contribution in [0.2, 0.25) is 0 Å². The van der Waals surface area contributed by atoms with E-state index in [1.54, 1.807) is 7.11 Å². The summed E-state index contributed by atoms with van der Waals surface area (Å²) < 4.78 is 34.6. The standard InChI is InChI=1S/C12H15Br2ClO4S/c1-12(2,18-3)4-5-19-11-9(13)6-8(7-10(11)14)20(15,16)17/h6-7H,4-5H2,1-3H3. The van der Waals surface area contributed by atoms with E-state index in [0.717, 1.165) is 0 Å². The Labute approximate surface area is 140 Å². The summed E-state index contributed by atoms with van der Waals surface area (Å²) in [5.74, 6) is 0.529. The topological polar surface area (TPSA) is 52.6 Å². The number of hydrogen-bond donors (Lipinski definition) is 0. The smallest absolute Gasteiger partial charge is 0.261 e. The lowest BCUT2D eigenvalue weighted by Crippen LogP contribution is -2.25. The second-order valence-electron chi connectivity index (χ2n) is 4.72. The largest absolute Gasteiger partial charge is 0.491 e. The Morgan fingerprint density at radius 3 is 2.15 bits per heavy atom. The molecule has 0 saturated carbocycles. The van der Waals surface area contributed by atoms with Gasteiger partial charge in [-0.15, -0.1) is 0 Å². The van der Waals surface area contributed by atoms with Gasteiger partial charge in [0.1, 0.15) is 5.75 Å². The fourth-order valence-corrected chi connectivity index (χ4v) is 3.82. The minimum Gasteiger partial charge on any atom is -0.491 e. The van der Waals surface area contributed by atoms with Gasteiger partial charge in [-0.05, 0) is 57.8 Å². The van der Waals surface area contributed by atoms with E-state index in [-0.39, 0.29) is 10.5 Å². The van der Waals surface area contributed by atoms with E-state index < -0.39 is 9.05 Å². The van der Waals surface area contributed by atoms with Crippen molar-refractivity contribution >= 4 is 51.6 Å². The zero-order chi connectivity index (χ0) is 15.6. The van der Waals surface area contributed by atoms with Gasteiger partial charge in [0.05, 0.1) is 26.0 Å². The highest BCUT2D eigenvalue weighted by Crippen LogP contribution is 2.37. The van der Waals surface area contributed by atoms with Crippen LogP contribution in [0.3, 0.4) is 0 Å². The number of ether oxygens (including phenoxy) is 2. The van der Waals surface area contributed by atoms with Gasteiger partial charge in [-0.3, -0.25) is 0 Å². The van der Waals surface area contributed by atoms with Gasteiger partial charge >= 0.3 is 0 Å². The molecule has 0 fully saturated rings. The molecule has 0 heterocycles. The molecule has 0 amide bonds. The minimum absolute atomic E-state index is 0.00230. The molecular formula is C12H15Br2ClO4S. The third-order valence-corrected chi connectivity index (χ3v) is 5.27. The zero-order valence-corrected chi connectivity index (χ0v) is 16.0. The first-order chi connectivity index (χ1) is 9.07. The molecule has 0 atom stereocenters. The normalized spacial score (nSPS) is 12.5. The predicted octanol–water partition coefficient (Wildman–Crippen LogP) is 4.33. The van der Waals surface area contributed by atoms with E-state index in [2.05, 4.69) is 31.9 Å². The lowest BCUT2D eigenvalue weighted by molar-refractivity contribution is 0.00533. The fourth-order valence-electron chi connectivity index (χ4n) is 1.32. The van der Waals surface area contributed by atoms with E-state index in [4.69, 9.17) is 20.2 Å². The molecule has 0 aliphatic carbocycles. The summed E-state index contributed by atoms with van der Waals surface area (Å²) in [7, 11) is 3.18. The van der Waals surface area contributed by atoms with Gasteiger partial charge in [-0.2, -0.15) is 0 Å². The summed E-state index contributed by atoms with van der Waals surface area (Å²) >= 11 is 6.56. The van der Waals surface area contributed by atoms with Crippen LogP contribution in [0, 0.1) is 0 Å². The van der Waals surface area contributed by atoms with Gasteiger partial charge < -0.3 is 9.47 Å². The number of benzene rings is 1. The summed E-state index contributed by atoms with van der Waals surface area (Å²) in [6.45, 7) is 4.36. The van der Waals surface area contributed by atoms with Gasteiger partial charge in [0.25, 0.3) is 9.05 Å². The summed E-state index contributed by atoms with van der Waals surface area (Å²) in [4.78, 5) is 0.00230. The highest BCUT2D eigenvalue weighted by molar-refractivity contribution is 9.11. The van der Waals surface area contributed by atoms with Crippen LogP contribution in [-0.4, -0.2) is 27.7 Å². The van der Waals surface area contributed by atoms with Crippen molar-refractivity contribution in [3.05, 3.63) is 21.1 Å². The molecule has 0 bridgehead atoms. The molecule has 8 heteroatoms. The van der Waals surface area contributed by atoms with Crippen LogP contribution in [-0.2, 0) is 13.8 Å². The van der Waals surface area contributed by atoms with E-state index in [0.29, 0.717) is 27.7 Å². The average molecular weight is 451 g/mol. The van der Waals surface area contributed by atoms with Gasteiger partial charge in [-0.1, -0.05) is 0 Å². The summed E-state index contributed by atoms with van der Waals surface area (Å²) in [5, 5.41) is 0. The van der Waals surface area contributed by atoms with Crippen molar-refractivity contribution in [2.75, 3.05) is 13.7 Å². The number of halogens is 3. The number of rotatable bonds is 6. The van der Waals surface area contributed by atoms with Gasteiger partial charge in [0, 0.05) is 24.2 Å². The Bertz CT molecular complexity index is 564. The van der Waals surface area contributed by atoms with E-state index in [9.17, 15) is 8.42 Å². The molecular weight excluding hydrogens is 435 g/mol. The van der Waals surface area contributed by atoms with Crippen LogP contribution < -0.4 is 4.74 Å². The summed E-state index contributed by atoms with van der Waals surface area (Å²) in [5.41, 5.74) is -0.279. The molecule has 20 heavy (non-hydrogen) atoms. The van der Waals surface area contributed by atoms with E-state index in [1.165, 1.54) is 12.1 Å². The molecule has 1 aromatic carbocycles. The molecule has 0 saturated heterocycles. The van der Waals surface area contributed by atoms with Crippen LogP contribution in [0.1, 0.15) is 20.3 Å². The summed E-state index contributed by atoms with van der Waals surface area (Å²) in [6.07, 6.45) is 0.692. The van der Waals surface area contributed by atoms with Crippen LogP contribution in [0.4, 0.5) is 0 Å². The second kappa shape index (κ2) is 6.96. The summed E-state index contributed by atoms with van der Waals surface area (Å²) in [6, 6.07) is 2.81. The molecule has 1 rings (SSSR count). The lowest BCUT2D eigenvalue weighted by atomic mass is 10.1. The Morgan fingerprint density at radius 1 is 1.25 bits per heavy atom. The Kier molecular flexibility index (Phi) is 6.34. The molecule has 0 unspecified atom stereocenters. The van der Waals surface area contributed by atoms with Crippen molar-refractivity contribution in [1.29, 1.82) is 0 Å². The molecule has 0 aliphatic heterocycles. The first-order valence-electron chi connectivity index (χ1n) is 5.68. The maximum Gasteiger partial charge on any atom is 0.261 e. The fraction of sp³-hybridized carbons (Fsp3) is 0.500. The minimum atomic E-state index is -3.78. The Morgan fingerprint density at radius 2 is 1.75 bits per heavy atom. The molecule has 0 N–H and O–H groups in total. The van der Waals surface area contributed by atoms with Crippen LogP contribution in [0.25, 0.3) is 0 Å². The van der Waals surface area contributed by atoms with Crippen LogP contribution >= 0.6 is 42.5 Å². The highest BCUT2D eigenvalue weighted by atomic mass is 79.9. The number of methoxy groups -OCH3 is 1. The molecule has 0 radical (unpaired) electrons. The predicted molar refractivity (Wildman–Crippen MR) is 86.1 cm³/mol. The average Bonchev–Trinajstić information content (AvgIpc) is 2.31. The monoisotopic (exact) mass is 448 g/mol. The number of hydrogen-bond acceptors (Lipinski definition) is 4. The van der Waals surface area contributed by atoms with Crippen molar-refractivity contribution < 1.29 is 17.9 Å². The lowest BCUT2D eigenvalue weighted by Gasteiger charge is -2.23. The molecule has 0 spiro atoms. The van der Waals surface area contributed by atoms with Gasteiger partial charge in [-0.25, -0.2) is 8.42 Å². The maximum atomic E-state index is 11.3. The van der Waals surface area contributed by atoms with Crippen molar-refractivity contribution in [3.8, 4) is 5.75 Å². The molecule has 114 valence electrons. The van der Waals surface area contributed by atoms with Crippen molar-refractivity contribution in [1.82, 2.24) is 0 Å². The Balaban J connectivity index is 2.88. The van der Waals surface area contributed by atoms with Crippen molar-refractivity contribution in [2.45, 2.75) is 30.8 Å². The first-order valence-corrected chi connectivity index (χ1v) is 9.58. The molecule has 0 aromatic heterocycles. The zero-order valence-electron chi connectivity index (χ0n) is 11.2. The van der Waals surface area contributed by atoms with Gasteiger partial charge in [0.15, 0.2) is 0 Å². The SMILES string of the molecule is COC(C)(C)CCOc1c(Br)cc(S(=O)(=O)Cl)cc1Br. The van der Waals surface area contributed by atoms with Crippen LogP contribution in [0.5, 0.6) is 5.75 Å². The molecule has 1 aromatic rings. The molecule has 4 nitrogen and oxygen atoms in total. The maximum absolute atomic E-state index is 11.3. The first kappa shape index (κ1) is 18.2. The van der Waals surface area contributed by atoms with E-state index >= 15 is 0 Å². The molecule has 0 aliphatic rings. The van der Waals surface area contributed by atoms with Crippen molar-refractivity contribution in [2.24, 2.45) is 0 Å². The highest BCUT2D eigenvalue weighted by Gasteiger charge is 2.19. The van der Waals surface area contributed by atoms with Gasteiger partial charge in [0.2, 0.25) is 0 Å². The van der Waals surface area contributed by atoms with Crippen molar-refractivity contribution in [3.63, 3.8) is 0 Å². The quantitative estimate of drug-likeness (QED) is 0.606. The third kappa shape index (κ3) is 5.18. The van der Waals surface area contributed by atoms with Crippen LogP contribution in [0.15, 0.2) is 26.0 Å². The second-order valence-corrected chi connectivity index (χ2v) is 8.99. The Hall–Kier alpha value is 0.180. The third-order valence-electron chi connectivity index (χ3n) is 2.76. The van der Waals surface area contributed by atoms with E-state index in [1.807, 2.05) is 13.8 Å².